The van der Waals surface area contributed by atoms with Crippen molar-refractivity contribution in [1.82, 2.24) is 14.9 Å². The highest BCUT2D eigenvalue weighted by Gasteiger charge is 2.31. The molecule has 1 unspecified atom stereocenters. The van der Waals surface area contributed by atoms with Crippen LogP contribution >= 0.6 is 0 Å². The van der Waals surface area contributed by atoms with Gasteiger partial charge in [0.25, 0.3) is 0 Å². The van der Waals surface area contributed by atoms with E-state index in [4.69, 9.17) is 4.98 Å². The minimum atomic E-state index is 0.127. The minimum absolute atomic E-state index is 0.127. The van der Waals surface area contributed by atoms with E-state index in [1.54, 1.807) is 0 Å². The van der Waals surface area contributed by atoms with Gasteiger partial charge in [-0.05, 0) is 59.6 Å². The Morgan fingerprint density at radius 1 is 0.636 bits per heavy atom. The summed E-state index contributed by atoms with van der Waals surface area (Å²) in [5, 5.41) is 7.00. The normalized spacial score (nSPS) is 15.0. The molecule has 4 nitrogen and oxygen atoms in total. The number of para-hydroxylation sites is 3. The number of dihydropyridines is 1. The van der Waals surface area contributed by atoms with Gasteiger partial charge >= 0.3 is 0 Å². The molecule has 2 aliphatic heterocycles. The number of hydrogen-bond acceptors (Lipinski definition) is 3. The van der Waals surface area contributed by atoms with E-state index in [9.17, 15) is 0 Å². The molecule has 2 aromatic heterocycles. The maximum atomic E-state index is 5.04. The van der Waals surface area contributed by atoms with Gasteiger partial charge in [0.1, 0.15) is 5.82 Å². The Balaban J connectivity index is 1.36. The largest absolute Gasteiger partial charge is 0.381 e. The van der Waals surface area contributed by atoms with Crippen LogP contribution in [-0.2, 0) is 0 Å². The molecular formula is C40H28N4. The Kier molecular flexibility index (Phi) is 5.53. The fourth-order valence-electron chi connectivity index (χ4n) is 6.87. The fourth-order valence-corrected chi connectivity index (χ4v) is 6.87. The molecule has 44 heavy (non-hydrogen) atoms. The third-order valence-corrected chi connectivity index (χ3v) is 8.81. The van der Waals surface area contributed by atoms with Gasteiger partial charge in [0.15, 0.2) is 0 Å². The van der Waals surface area contributed by atoms with Crippen LogP contribution in [0.15, 0.2) is 158 Å². The monoisotopic (exact) mass is 564 g/mol. The maximum absolute atomic E-state index is 5.04. The van der Waals surface area contributed by atoms with Gasteiger partial charge in [-0.2, -0.15) is 0 Å². The highest BCUT2D eigenvalue weighted by atomic mass is 15.2. The van der Waals surface area contributed by atoms with E-state index >= 15 is 0 Å². The van der Waals surface area contributed by atoms with Gasteiger partial charge in [-0.25, -0.2) is 4.98 Å². The van der Waals surface area contributed by atoms with Gasteiger partial charge in [0.05, 0.1) is 28.6 Å². The molecule has 208 valence electrons. The highest BCUT2D eigenvalue weighted by Crippen LogP contribution is 2.54. The van der Waals surface area contributed by atoms with Crippen molar-refractivity contribution >= 4 is 38.7 Å². The Morgan fingerprint density at radius 3 is 2.25 bits per heavy atom. The average Bonchev–Trinajstić information content (AvgIpc) is 3.38. The fraction of sp³-hybridized carbons (Fsp3) is 0.0250. The predicted octanol–water partition coefficient (Wildman–Crippen LogP) is 10.0. The van der Waals surface area contributed by atoms with E-state index in [0.717, 1.165) is 45.0 Å². The molecule has 7 aromatic rings. The van der Waals surface area contributed by atoms with Crippen LogP contribution in [0.1, 0.15) is 11.6 Å². The molecule has 0 radical (unpaired) electrons. The van der Waals surface area contributed by atoms with Crippen LogP contribution < -0.4 is 10.2 Å². The first kappa shape index (κ1) is 24.7. The van der Waals surface area contributed by atoms with Crippen molar-refractivity contribution in [3.8, 4) is 28.2 Å². The summed E-state index contributed by atoms with van der Waals surface area (Å²) < 4.78 is 2.36. The van der Waals surface area contributed by atoms with Crippen molar-refractivity contribution in [2.75, 3.05) is 4.90 Å². The number of pyridine rings is 1. The first-order valence-corrected chi connectivity index (χ1v) is 15.0. The Hall–Kier alpha value is -5.87. The molecule has 0 aliphatic carbocycles. The lowest BCUT2D eigenvalue weighted by molar-refractivity contribution is 0.746. The van der Waals surface area contributed by atoms with Crippen LogP contribution in [0.4, 0.5) is 17.1 Å². The summed E-state index contributed by atoms with van der Waals surface area (Å²) in [6.45, 7) is 0. The van der Waals surface area contributed by atoms with Crippen LogP contribution in [0.2, 0.25) is 0 Å². The van der Waals surface area contributed by atoms with Crippen LogP contribution in [0.25, 0.3) is 49.9 Å². The quantitative estimate of drug-likeness (QED) is 0.232. The second-order valence-electron chi connectivity index (χ2n) is 11.3. The van der Waals surface area contributed by atoms with E-state index in [1.807, 2.05) is 18.5 Å². The van der Waals surface area contributed by atoms with Crippen molar-refractivity contribution in [2.45, 2.75) is 6.04 Å². The second-order valence-corrected chi connectivity index (χ2v) is 11.3. The summed E-state index contributed by atoms with van der Waals surface area (Å²) in [4.78, 5) is 7.46. The SMILES string of the molecule is C1=CNC(c2cccc(N3c4ccccc4-c4c(n(-c5cc6ccccc6cn5)c5ccccc45)-c4ccccc43)c2)C=C1. The lowest BCUT2D eigenvalue weighted by Gasteiger charge is -2.28. The zero-order valence-electron chi connectivity index (χ0n) is 23.9. The first-order chi connectivity index (χ1) is 21.8. The van der Waals surface area contributed by atoms with Gasteiger partial charge in [0, 0.05) is 39.3 Å². The molecule has 0 amide bonds. The Bertz CT molecular complexity index is 2290. The molecule has 1 N–H and O–H groups in total. The molecular weight excluding hydrogens is 536 g/mol. The molecule has 1 atom stereocenters. The summed E-state index contributed by atoms with van der Waals surface area (Å²) in [7, 11) is 0. The zero-order valence-corrected chi connectivity index (χ0v) is 23.9. The van der Waals surface area contributed by atoms with E-state index in [2.05, 4.69) is 154 Å². The molecule has 9 rings (SSSR count). The number of anilines is 3. The number of nitrogens with zero attached hydrogens (tertiary/aromatic N) is 3. The van der Waals surface area contributed by atoms with Crippen LogP contribution in [-0.4, -0.2) is 9.55 Å². The first-order valence-electron chi connectivity index (χ1n) is 15.0. The maximum Gasteiger partial charge on any atom is 0.138 e. The molecule has 0 fully saturated rings. The summed E-state index contributed by atoms with van der Waals surface area (Å²) in [5.74, 6) is 0.909. The molecule has 0 spiro atoms. The summed E-state index contributed by atoms with van der Waals surface area (Å²) in [6, 6.07) is 46.0. The lowest BCUT2D eigenvalue weighted by Crippen LogP contribution is -2.16. The van der Waals surface area contributed by atoms with Crippen molar-refractivity contribution in [3.05, 3.63) is 164 Å². The third-order valence-electron chi connectivity index (χ3n) is 8.81. The number of hydrogen-bond donors (Lipinski definition) is 1. The van der Waals surface area contributed by atoms with Crippen LogP contribution in [0.3, 0.4) is 0 Å². The standard InChI is InChI=1S/C40H28N4/c1-2-13-29-26-42-38(25-27(29)12-1)44-36-21-7-4-17-32(36)39-31-16-3-6-20-35(31)43(37-22-8-5-18-33(37)40(39)44)30-15-11-14-28(24-30)34-19-9-10-23-41-34/h1-26,34,41H. The van der Waals surface area contributed by atoms with E-state index < -0.39 is 0 Å². The Morgan fingerprint density at radius 2 is 1.39 bits per heavy atom. The number of rotatable bonds is 3. The second kappa shape index (κ2) is 9.85. The van der Waals surface area contributed by atoms with Crippen LogP contribution in [0, 0.1) is 0 Å². The third kappa shape index (κ3) is 3.74. The highest BCUT2D eigenvalue weighted by molar-refractivity contribution is 6.13. The van der Waals surface area contributed by atoms with E-state index in [1.165, 1.54) is 27.5 Å². The molecule has 5 aromatic carbocycles. The number of nitrogens with one attached hydrogen (secondary N) is 1. The number of allylic oxidation sites excluding steroid dienone is 2. The molecule has 0 saturated heterocycles. The van der Waals surface area contributed by atoms with Gasteiger partial charge in [-0.1, -0.05) is 103 Å². The topological polar surface area (TPSA) is 33.1 Å². The summed E-state index contributed by atoms with van der Waals surface area (Å²) >= 11 is 0. The average molecular weight is 565 g/mol. The lowest BCUT2D eigenvalue weighted by atomic mass is 9.98. The van der Waals surface area contributed by atoms with E-state index in [-0.39, 0.29) is 6.04 Å². The van der Waals surface area contributed by atoms with Gasteiger partial charge < -0.3 is 10.2 Å². The molecule has 4 heterocycles. The minimum Gasteiger partial charge on any atom is -0.381 e. The van der Waals surface area contributed by atoms with Crippen molar-refractivity contribution in [3.63, 3.8) is 0 Å². The Labute approximate surface area is 255 Å². The molecule has 4 heteroatoms. The molecule has 0 bridgehead atoms. The van der Waals surface area contributed by atoms with E-state index in [0.29, 0.717) is 0 Å². The number of fused-ring (bicyclic) bond motifs is 8. The van der Waals surface area contributed by atoms with Gasteiger partial charge in [-0.15, -0.1) is 0 Å². The summed E-state index contributed by atoms with van der Waals surface area (Å²) in [5.41, 5.74) is 10.5. The van der Waals surface area contributed by atoms with Gasteiger partial charge in [0.2, 0.25) is 0 Å². The molecule has 2 aliphatic rings. The summed E-state index contributed by atoms with van der Waals surface area (Å²) in [6.07, 6.45) is 10.3. The number of benzene rings is 5. The zero-order chi connectivity index (χ0) is 29.0. The number of aromatic nitrogens is 2. The van der Waals surface area contributed by atoms with Gasteiger partial charge in [-0.3, -0.25) is 4.57 Å². The van der Waals surface area contributed by atoms with Crippen LogP contribution in [0.5, 0.6) is 0 Å². The van der Waals surface area contributed by atoms with Crippen molar-refractivity contribution in [2.24, 2.45) is 0 Å². The molecule has 0 saturated carbocycles. The van der Waals surface area contributed by atoms with Crippen molar-refractivity contribution < 1.29 is 0 Å². The van der Waals surface area contributed by atoms with Crippen molar-refractivity contribution in [1.29, 1.82) is 0 Å². The smallest absolute Gasteiger partial charge is 0.138 e. The predicted molar refractivity (Wildman–Crippen MR) is 182 cm³/mol.